The number of hydrogen-bond acceptors (Lipinski definition) is 12. The van der Waals surface area contributed by atoms with Gasteiger partial charge in [-0.1, -0.05) is 13.8 Å². The van der Waals surface area contributed by atoms with Crippen molar-refractivity contribution in [3.8, 4) is 0 Å². The van der Waals surface area contributed by atoms with Crippen LogP contribution < -0.4 is 10.6 Å². The van der Waals surface area contributed by atoms with Crippen molar-refractivity contribution in [1.29, 1.82) is 0 Å². The number of rotatable bonds is 14. The molecule has 7 aliphatic rings. The van der Waals surface area contributed by atoms with Crippen molar-refractivity contribution in [3.63, 3.8) is 0 Å². The van der Waals surface area contributed by atoms with Crippen LogP contribution in [0.15, 0.2) is 0 Å². The fraction of sp³-hybridized carbons (Fsp3) is 0.854. The Morgan fingerprint density at radius 3 is 1.73 bits per heavy atom. The van der Waals surface area contributed by atoms with Crippen molar-refractivity contribution in [2.24, 2.45) is 29.1 Å². The normalized spacial score (nSPS) is 32.5. The molecule has 0 aromatic heterocycles. The van der Waals surface area contributed by atoms with Gasteiger partial charge in [0.1, 0.15) is 6.04 Å². The average Bonchev–Trinajstić information content (AvgIpc) is 3.82. The SMILES string of the molecule is C[C@@H](NC(=O)C1CCC(CNC(=O)CN2CCN(CC(=O)O)CCN(CC(=O)O)CCN(CC(=O)O)CC2)CC1)C(=O)N1CCC[C@H]1B1OC2C[C@@H]3C[C@@H](C3(C)C)[C@]2(C)O1. The van der Waals surface area contributed by atoms with Crippen LogP contribution >= 0.6 is 0 Å². The summed E-state index contributed by atoms with van der Waals surface area (Å²) in [5.74, 6) is -2.58. The molecule has 6 atom stereocenters. The highest BCUT2D eigenvalue weighted by Gasteiger charge is 2.69. The third-order valence-corrected chi connectivity index (χ3v) is 14.8. The molecule has 336 valence electrons. The Balaban J connectivity index is 0.937. The van der Waals surface area contributed by atoms with E-state index in [1.807, 2.05) is 9.80 Å². The van der Waals surface area contributed by atoms with E-state index in [1.54, 1.807) is 21.6 Å². The summed E-state index contributed by atoms with van der Waals surface area (Å²) in [7, 11) is -0.457. The molecule has 2 bridgehead atoms. The van der Waals surface area contributed by atoms with Crippen LogP contribution in [0, 0.1) is 29.1 Å². The Hall–Kier alpha value is -3.36. The second kappa shape index (κ2) is 19.8. The standard InChI is InChI=1S/C41H68BN7O11/c1-27(39(58)49-11-5-6-33(49)42-59-32-21-30-20-31(40(30,2)3)41(32,4)60-42)44-38(57)29-9-7-28(8-10-29)22-43-34(50)23-45-12-14-46(24-35(51)52)16-18-48(26-37(55)56)19-17-47(15-13-45)25-36(53)54/h27-33H,5-26H2,1-4H3,(H,43,50)(H,44,57)(H,51,52)(H,53,54)(H,55,56)/t27-,28?,29?,30+,31+,32?,33+,41+/m1/s1. The minimum Gasteiger partial charge on any atom is -0.480 e. The van der Waals surface area contributed by atoms with Gasteiger partial charge in [-0.3, -0.25) is 48.4 Å². The van der Waals surface area contributed by atoms with Gasteiger partial charge in [0.2, 0.25) is 17.7 Å². The maximum absolute atomic E-state index is 13.8. The van der Waals surface area contributed by atoms with E-state index in [1.165, 1.54) is 6.42 Å². The highest BCUT2D eigenvalue weighted by atomic mass is 16.7. The number of hydrogen-bond donors (Lipinski definition) is 5. The molecule has 4 saturated carbocycles. The molecular weight excluding hydrogens is 777 g/mol. The summed E-state index contributed by atoms with van der Waals surface area (Å²) in [6.07, 6.45) is 6.68. The highest BCUT2D eigenvalue weighted by molar-refractivity contribution is 6.48. The molecule has 18 nitrogen and oxygen atoms in total. The molecule has 19 heteroatoms. The second-order valence-corrected chi connectivity index (χ2v) is 19.1. The maximum Gasteiger partial charge on any atom is 0.481 e. The summed E-state index contributed by atoms with van der Waals surface area (Å²) in [6, 6.07) is -0.675. The van der Waals surface area contributed by atoms with Crippen LogP contribution in [0.3, 0.4) is 0 Å². The molecule has 3 amide bonds. The van der Waals surface area contributed by atoms with Crippen LogP contribution in [0.5, 0.6) is 0 Å². The van der Waals surface area contributed by atoms with E-state index in [0.29, 0.717) is 90.1 Å². The maximum atomic E-state index is 13.8. The van der Waals surface area contributed by atoms with Crippen LogP contribution in [0.2, 0.25) is 0 Å². The minimum absolute atomic E-state index is 0.0459. The molecule has 5 N–H and O–H groups in total. The van der Waals surface area contributed by atoms with Gasteiger partial charge in [-0.05, 0) is 88.4 Å². The molecule has 1 unspecified atom stereocenters. The van der Waals surface area contributed by atoms with Crippen molar-refractivity contribution in [2.75, 3.05) is 91.6 Å². The number of carbonyl (C=O) groups is 6. The first kappa shape index (κ1) is 46.2. The molecule has 0 spiro atoms. The second-order valence-electron chi connectivity index (χ2n) is 19.1. The van der Waals surface area contributed by atoms with Crippen LogP contribution in [-0.2, 0) is 38.1 Å². The molecule has 0 aromatic carbocycles. The Bertz CT molecular complexity index is 1550. The lowest BCUT2D eigenvalue weighted by Gasteiger charge is -2.64. The predicted octanol–water partition coefficient (Wildman–Crippen LogP) is 0.148. The molecule has 3 aliphatic heterocycles. The number of carboxylic acid groups (broad SMARTS) is 3. The smallest absolute Gasteiger partial charge is 0.480 e. The summed E-state index contributed by atoms with van der Waals surface area (Å²) in [4.78, 5) is 84.0. The third-order valence-electron chi connectivity index (χ3n) is 14.8. The number of amides is 3. The Morgan fingerprint density at radius 2 is 1.23 bits per heavy atom. The number of carbonyl (C=O) groups excluding carboxylic acids is 3. The lowest BCUT2D eigenvalue weighted by Crippen LogP contribution is -2.65. The summed E-state index contributed by atoms with van der Waals surface area (Å²) < 4.78 is 13.3. The molecule has 4 aliphatic carbocycles. The van der Waals surface area contributed by atoms with Crippen LogP contribution in [0.1, 0.15) is 79.1 Å². The van der Waals surface area contributed by atoms with Gasteiger partial charge in [-0.15, -0.1) is 0 Å². The quantitative estimate of drug-likeness (QED) is 0.147. The summed E-state index contributed by atoms with van der Waals surface area (Å²) in [6.45, 7) is 11.6. The average molecular weight is 846 g/mol. The summed E-state index contributed by atoms with van der Waals surface area (Å²) in [5, 5.41) is 34.4. The Morgan fingerprint density at radius 1 is 0.717 bits per heavy atom. The van der Waals surface area contributed by atoms with Crippen molar-refractivity contribution in [2.45, 2.75) is 103 Å². The first-order valence-electron chi connectivity index (χ1n) is 22.2. The van der Waals surface area contributed by atoms with Crippen molar-refractivity contribution >= 4 is 42.7 Å². The van der Waals surface area contributed by atoms with E-state index in [9.17, 15) is 44.1 Å². The fourth-order valence-corrected chi connectivity index (χ4v) is 11.0. The zero-order chi connectivity index (χ0) is 43.4. The Kier molecular flexibility index (Phi) is 15.2. The van der Waals surface area contributed by atoms with Gasteiger partial charge in [-0.25, -0.2) is 0 Å². The van der Waals surface area contributed by atoms with Gasteiger partial charge in [0.05, 0.1) is 43.8 Å². The lowest BCUT2D eigenvalue weighted by molar-refractivity contribution is -0.199. The Labute approximate surface area is 354 Å². The van der Waals surface area contributed by atoms with Gasteiger partial charge in [0.25, 0.3) is 0 Å². The van der Waals surface area contributed by atoms with Gasteiger partial charge in [-0.2, -0.15) is 0 Å². The summed E-state index contributed by atoms with van der Waals surface area (Å²) in [5.41, 5.74) is -0.110. The van der Waals surface area contributed by atoms with E-state index in [-0.39, 0.29) is 78.8 Å². The van der Waals surface area contributed by atoms with Gasteiger partial charge in [0.15, 0.2) is 0 Å². The van der Waals surface area contributed by atoms with E-state index >= 15 is 0 Å². The summed E-state index contributed by atoms with van der Waals surface area (Å²) >= 11 is 0. The number of nitrogens with zero attached hydrogens (tertiary/aromatic N) is 5. The molecule has 0 aromatic rings. The molecule has 7 fully saturated rings. The van der Waals surface area contributed by atoms with E-state index in [2.05, 4.69) is 31.4 Å². The van der Waals surface area contributed by atoms with Gasteiger partial charge < -0.3 is 40.2 Å². The molecular formula is C41H68BN7O11. The van der Waals surface area contributed by atoms with Crippen LogP contribution in [-0.4, -0.2) is 198 Å². The fourth-order valence-electron chi connectivity index (χ4n) is 11.0. The molecule has 3 heterocycles. The van der Waals surface area contributed by atoms with Crippen LogP contribution in [0.25, 0.3) is 0 Å². The first-order valence-corrected chi connectivity index (χ1v) is 22.2. The van der Waals surface area contributed by atoms with Gasteiger partial charge in [0, 0.05) is 71.4 Å². The van der Waals surface area contributed by atoms with Crippen molar-refractivity contribution in [1.82, 2.24) is 35.1 Å². The number of likely N-dealkylation sites (tertiary alicyclic amines) is 1. The van der Waals surface area contributed by atoms with E-state index in [4.69, 9.17) is 9.31 Å². The van der Waals surface area contributed by atoms with Crippen molar-refractivity contribution < 1.29 is 53.4 Å². The molecule has 7 rings (SSSR count). The zero-order valence-electron chi connectivity index (χ0n) is 36.0. The predicted molar refractivity (Wildman–Crippen MR) is 220 cm³/mol. The largest absolute Gasteiger partial charge is 0.481 e. The first-order chi connectivity index (χ1) is 28.4. The number of aliphatic carboxylic acids is 3. The van der Waals surface area contributed by atoms with Crippen molar-refractivity contribution in [3.05, 3.63) is 0 Å². The van der Waals surface area contributed by atoms with Gasteiger partial charge >= 0.3 is 25.0 Å². The zero-order valence-corrected chi connectivity index (χ0v) is 36.0. The highest BCUT2D eigenvalue weighted by Crippen LogP contribution is 2.66. The lowest BCUT2D eigenvalue weighted by atomic mass is 9.43. The number of carboxylic acids is 3. The third kappa shape index (κ3) is 11.2. The molecule has 3 saturated heterocycles. The van der Waals surface area contributed by atoms with Crippen LogP contribution in [0.4, 0.5) is 0 Å². The topological polar surface area (TPSA) is 222 Å². The monoisotopic (exact) mass is 846 g/mol. The van der Waals surface area contributed by atoms with E-state index in [0.717, 1.165) is 32.1 Å². The number of nitrogens with one attached hydrogen (secondary N) is 2. The molecule has 0 radical (unpaired) electrons. The minimum atomic E-state index is -1.02. The van der Waals surface area contributed by atoms with E-state index < -0.39 is 31.1 Å². The molecule has 60 heavy (non-hydrogen) atoms.